The van der Waals surface area contributed by atoms with Gasteiger partial charge in [-0.05, 0) is 57.5 Å². The molecule has 6 nitrogen and oxygen atoms in total. The zero-order valence-corrected chi connectivity index (χ0v) is 18.6. The quantitative estimate of drug-likeness (QED) is 0.513. The van der Waals surface area contributed by atoms with Gasteiger partial charge in [0.1, 0.15) is 5.82 Å². The van der Waals surface area contributed by atoms with E-state index >= 15 is 0 Å². The van der Waals surface area contributed by atoms with Crippen molar-refractivity contribution in [2.24, 2.45) is 7.05 Å². The number of carbonyl (C=O) groups excluding carboxylic acids is 1. The number of aromatic nitrogens is 2. The molecule has 8 heteroatoms. The molecule has 1 aliphatic heterocycles. The molecule has 1 aromatic heterocycles. The lowest BCUT2D eigenvalue weighted by atomic mass is 10.1. The first-order valence-electron chi connectivity index (χ1n) is 10.3. The second kappa shape index (κ2) is 10.2. The van der Waals surface area contributed by atoms with Gasteiger partial charge in [0.2, 0.25) is 5.91 Å². The molecule has 1 saturated heterocycles. The maximum absolute atomic E-state index is 13.1. The number of benzene rings is 1. The number of likely N-dealkylation sites (tertiary alicyclic amines) is 1. The standard InChI is InChI=1S/C22H29FN4O2S/c1-15-19(14-17-6-8-18(23)9-7-17)21(29)26(3)22(25-15)30-16(2)20(28)24-10-13-27-11-4-5-12-27/h6-9,16H,4-5,10-14H2,1-3H3,(H,24,28). The van der Waals surface area contributed by atoms with Crippen molar-refractivity contribution < 1.29 is 9.18 Å². The summed E-state index contributed by atoms with van der Waals surface area (Å²) in [5.74, 6) is -0.359. The molecule has 1 atom stereocenters. The van der Waals surface area contributed by atoms with Crippen molar-refractivity contribution in [3.63, 3.8) is 0 Å². The summed E-state index contributed by atoms with van der Waals surface area (Å²) in [5.41, 5.74) is 1.92. The minimum atomic E-state index is -0.357. The number of carbonyl (C=O) groups is 1. The summed E-state index contributed by atoms with van der Waals surface area (Å²) in [6.45, 7) is 7.34. The average molecular weight is 433 g/mol. The van der Waals surface area contributed by atoms with E-state index in [0.29, 0.717) is 29.4 Å². The van der Waals surface area contributed by atoms with Crippen LogP contribution in [0.1, 0.15) is 36.6 Å². The Hall–Kier alpha value is -2.19. The van der Waals surface area contributed by atoms with Gasteiger partial charge in [0.05, 0.1) is 5.25 Å². The highest BCUT2D eigenvalue weighted by molar-refractivity contribution is 8.00. The van der Waals surface area contributed by atoms with Gasteiger partial charge in [-0.2, -0.15) is 0 Å². The van der Waals surface area contributed by atoms with Gasteiger partial charge >= 0.3 is 0 Å². The molecule has 1 amide bonds. The van der Waals surface area contributed by atoms with E-state index in [0.717, 1.165) is 25.2 Å². The highest BCUT2D eigenvalue weighted by Crippen LogP contribution is 2.21. The predicted octanol–water partition coefficient (Wildman–Crippen LogP) is 2.51. The second-order valence-corrected chi connectivity index (χ2v) is 9.03. The van der Waals surface area contributed by atoms with E-state index < -0.39 is 0 Å². The molecule has 3 rings (SSSR count). The maximum atomic E-state index is 13.1. The Morgan fingerprint density at radius 2 is 1.93 bits per heavy atom. The Kier molecular flexibility index (Phi) is 7.66. The largest absolute Gasteiger partial charge is 0.354 e. The molecule has 0 spiro atoms. The third kappa shape index (κ3) is 5.70. The summed E-state index contributed by atoms with van der Waals surface area (Å²) in [5, 5.41) is 3.14. The van der Waals surface area contributed by atoms with E-state index in [-0.39, 0.29) is 22.5 Å². The molecule has 1 N–H and O–H groups in total. The Morgan fingerprint density at radius 1 is 1.27 bits per heavy atom. The molecule has 0 aliphatic carbocycles. The van der Waals surface area contributed by atoms with Crippen LogP contribution in [0.15, 0.2) is 34.2 Å². The number of hydrogen-bond acceptors (Lipinski definition) is 5. The first-order valence-corrected chi connectivity index (χ1v) is 11.2. The lowest BCUT2D eigenvalue weighted by Gasteiger charge is -2.17. The van der Waals surface area contributed by atoms with Gasteiger partial charge in [-0.1, -0.05) is 23.9 Å². The minimum Gasteiger partial charge on any atom is -0.354 e. The normalized spacial score (nSPS) is 15.3. The van der Waals surface area contributed by atoms with Crippen molar-refractivity contribution in [2.75, 3.05) is 26.2 Å². The van der Waals surface area contributed by atoms with Gasteiger partial charge in [0, 0.05) is 37.8 Å². The lowest BCUT2D eigenvalue weighted by Crippen LogP contribution is -2.37. The number of rotatable bonds is 8. The SMILES string of the molecule is Cc1nc(SC(C)C(=O)NCCN2CCCC2)n(C)c(=O)c1Cc1ccc(F)cc1. The van der Waals surface area contributed by atoms with Gasteiger partial charge < -0.3 is 10.2 Å². The zero-order chi connectivity index (χ0) is 21.7. The van der Waals surface area contributed by atoms with Crippen LogP contribution in [0, 0.1) is 12.7 Å². The van der Waals surface area contributed by atoms with Gasteiger partial charge in [0.15, 0.2) is 5.16 Å². The maximum Gasteiger partial charge on any atom is 0.257 e. The topological polar surface area (TPSA) is 67.2 Å². The number of nitrogens with one attached hydrogen (secondary N) is 1. The Labute approximate surface area is 180 Å². The summed E-state index contributed by atoms with van der Waals surface area (Å²) >= 11 is 1.28. The molecule has 0 bridgehead atoms. The van der Waals surface area contributed by atoms with Gasteiger partial charge in [0.25, 0.3) is 5.56 Å². The summed E-state index contributed by atoms with van der Waals surface area (Å²) in [6.07, 6.45) is 2.86. The van der Waals surface area contributed by atoms with Crippen LogP contribution in [-0.4, -0.2) is 51.8 Å². The van der Waals surface area contributed by atoms with Crippen LogP contribution >= 0.6 is 11.8 Å². The molecule has 2 aromatic rings. The Balaban J connectivity index is 1.63. The molecule has 30 heavy (non-hydrogen) atoms. The zero-order valence-electron chi connectivity index (χ0n) is 17.8. The number of nitrogens with zero attached hydrogens (tertiary/aromatic N) is 3. The van der Waals surface area contributed by atoms with Crippen LogP contribution in [0.5, 0.6) is 0 Å². The molecule has 0 saturated carbocycles. The molecule has 2 heterocycles. The monoisotopic (exact) mass is 432 g/mol. The van der Waals surface area contributed by atoms with Crippen molar-refractivity contribution in [1.82, 2.24) is 19.8 Å². The smallest absolute Gasteiger partial charge is 0.257 e. The van der Waals surface area contributed by atoms with E-state index in [1.54, 1.807) is 26.1 Å². The van der Waals surface area contributed by atoms with E-state index in [2.05, 4.69) is 15.2 Å². The van der Waals surface area contributed by atoms with E-state index in [1.165, 1.54) is 41.3 Å². The van der Waals surface area contributed by atoms with E-state index in [9.17, 15) is 14.0 Å². The van der Waals surface area contributed by atoms with Gasteiger partial charge in [-0.25, -0.2) is 9.37 Å². The highest BCUT2D eigenvalue weighted by Gasteiger charge is 2.20. The van der Waals surface area contributed by atoms with Crippen LogP contribution in [0.2, 0.25) is 0 Å². The molecule has 1 aliphatic rings. The number of hydrogen-bond donors (Lipinski definition) is 1. The van der Waals surface area contributed by atoms with Crippen LogP contribution in [0.25, 0.3) is 0 Å². The molecule has 162 valence electrons. The van der Waals surface area contributed by atoms with Crippen molar-refractivity contribution in [2.45, 2.75) is 43.5 Å². The fraction of sp³-hybridized carbons (Fsp3) is 0.500. The van der Waals surface area contributed by atoms with Crippen LogP contribution in [0.4, 0.5) is 4.39 Å². The number of amides is 1. The molecule has 0 radical (unpaired) electrons. The molecule has 1 fully saturated rings. The fourth-order valence-electron chi connectivity index (χ4n) is 3.54. The summed E-state index contributed by atoms with van der Waals surface area (Å²) in [6, 6.07) is 6.12. The third-order valence-electron chi connectivity index (χ3n) is 5.42. The fourth-order valence-corrected chi connectivity index (χ4v) is 4.48. The van der Waals surface area contributed by atoms with Crippen molar-refractivity contribution in [1.29, 1.82) is 0 Å². The Bertz CT molecular complexity index is 939. The van der Waals surface area contributed by atoms with Crippen molar-refractivity contribution in [3.05, 3.63) is 57.3 Å². The Morgan fingerprint density at radius 3 is 2.60 bits per heavy atom. The van der Waals surface area contributed by atoms with Gasteiger partial charge in [-0.3, -0.25) is 14.2 Å². The highest BCUT2D eigenvalue weighted by atomic mass is 32.2. The first-order chi connectivity index (χ1) is 14.3. The summed E-state index contributed by atoms with van der Waals surface area (Å²) < 4.78 is 14.6. The van der Waals surface area contributed by atoms with Crippen LogP contribution in [-0.2, 0) is 18.3 Å². The van der Waals surface area contributed by atoms with Crippen LogP contribution in [0.3, 0.4) is 0 Å². The van der Waals surface area contributed by atoms with E-state index in [4.69, 9.17) is 0 Å². The number of halogens is 1. The number of thioether (sulfide) groups is 1. The van der Waals surface area contributed by atoms with Crippen molar-refractivity contribution in [3.8, 4) is 0 Å². The average Bonchev–Trinajstić information content (AvgIpc) is 3.24. The third-order valence-corrected chi connectivity index (χ3v) is 6.56. The minimum absolute atomic E-state index is 0.0542. The first kappa shape index (κ1) is 22.5. The molecule has 1 aromatic carbocycles. The lowest BCUT2D eigenvalue weighted by molar-refractivity contribution is -0.120. The van der Waals surface area contributed by atoms with Crippen LogP contribution < -0.4 is 10.9 Å². The second-order valence-electron chi connectivity index (χ2n) is 7.73. The van der Waals surface area contributed by atoms with Crippen molar-refractivity contribution >= 4 is 17.7 Å². The summed E-state index contributed by atoms with van der Waals surface area (Å²) in [4.78, 5) is 32.3. The number of aryl methyl sites for hydroxylation is 1. The molecular formula is C22H29FN4O2S. The predicted molar refractivity (Wildman–Crippen MR) is 117 cm³/mol. The van der Waals surface area contributed by atoms with E-state index in [1.807, 2.05) is 6.92 Å². The molecular weight excluding hydrogens is 403 g/mol. The van der Waals surface area contributed by atoms with Gasteiger partial charge in [-0.15, -0.1) is 0 Å². The summed E-state index contributed by atoms with van der Waals surface area (Å²) in [7, 11) is 1.67. The molecule has 1 unspecified atom stereocenters.